The van der Waals surface area contributed by atoms with Crippen molar-refractivity contribution in [3.8, 4) is 0 Å². The van der Waals surface area contributed by atoms with Gasteiger partial charge >= 0.3 is 0 Å². The molecule has 26 heavy (non-hydrogen) atoms. The van der Waals surface area contributed by atoms with E-state index in [1.165, 1.54) is 22.3 Å². The van der Waals surface area contributed by atoms with E-state index in [0.717, 1.165) is 0 Å². The minimum absolute atomic E-state index is 0.0683. The van der Waals surface area contributed by atoms with Crippen LogP contribution in [0.4, 0.5) is 0 Å². The van der Waals surface area contributed by atoms with E-state index in [1.807, 2.05) is 47.9 Å². The Hall–Kier alpha value is -2.62. The highest BCUT2D eigenvalue weighted by Gasteiger charge is 2.35. The maximum Gasteiger partial charge on any atom is 0.226 e. The van der Waals surface area contributed by atoms with E-state index in [0.29, 0.717) is 26.2 Å². The first-order valence-corrected chi connectivity index (χ1v) is 9.25. The fraction of sp³-hybridized carbons (Fsp3) is 0.364. The minimum atomic E-state index is -0.319. The third kappa shape index (κ3) is 2.90. The molecule has 2 aliphatic rings. The SMILES string of the molecule is C[C@H](C(=O)N1Cc2ccccc2C1)[C@H](C)C(=O)N1Cc2ccccc2C1. The summed E-state index contributed by atoms with van der Waals surface area (Å²) < 4.78 is 0. The summed E-state index contributed by atoms with van der Waals surface area (Å²) in [5.41, 5.74) is 4.84. The zero-order chi connectivity index (χ0) is 18.3. The number of hydrogen-bond donors (Lipinski definition) is 0. The molecule has 2 aliphatic heterocycles. The van der Waals surface area contributed by atoms with Crippen LogP contribution >= 0.6 is 0 Å². The molecule has 2 aromatic carbocycles. The number of amides is 2. The van der Waals surface area contributed by atoms with Crippen LogP contribution in [0.15, 0.2) is 48.5 Å². The van der Waals surface area contributed by atoms with E-state index in [2.05, 4.69) is 24.3 Å². The van der Waals surface area contributed by atoms with Gasteiger partial charge in [0, 0.05) is 38.0 Å². The van der Waals surface area contributed by atoms with Crippen LogP contribution in [0.1, 0.15) is 36.1 Å². The Balaban J connectivity index is 1.41. The van der Waals surface area contributed by atoms with Crippen molar-refractivity contribution in [1.29, 1.82) is 0 Å². The normalized spacial score (nSPS) is 17.6. The molecule has 2 aromatic rings. The monoisotopic (exact) mass is 348 g/mol. The van der Waals surface area contributed by atoms with Crippen molar-refractivity contribution >= 4 is 11.8 Å². The fourth-order valence-corrected chi connectivity index (χ4v) is 3.98. The van der Waals surface area contributed by atoms with Gasteiger partial charge in [-0.15, -0.1) is 0 Å². The highest BCUT2D eigenvalue weighted by Crippen LogP contribution is 2.29. The second-order valence-corrected chi connectivity index (χ2v) is 7.50. The van der Waals surface area contributed by atoms with Gasteiger partial charge in [-0.3, -0.25) is 9.59 Å². The molecule has 4 heteroatoms. The predicted octanol–water partition coefficient (Wildman–Crippen LogP) is 3.34. The first kappa shape index (κ1) is 16.8. The summed E-state index contributed by atoms with van der Waals surface area (Å²) in [5, 5.41) is 0. The molecule has 0 fully saturated rings. The van der Waals surface area contributed by atoms with Crippen LogP contribution in [0.25, 0.3) is 0 Å². The molecule has 0 saturated heterocycles. The molecule has 4 rings (SSSR count). The summed E-state index contributed by atoms with van der Waals surface area (Å²) in [5.74, 6) is -0.501. The molecule has 0 unspecified atom stereocenters. The molecule has 0 radical (unpaired) electrons. The summed E-state index contributed by atoms with van der Waals surface area (Å²) in [6.07, 6.45) is 0. The van der Waals surface area contributed by atoms with Gasteiger partial charge in [0.25, 0.3) is 0 Å². The number of fused-ring (bicyclic) bond motifs is 2. The minimum Gasteiger partial charge on any atom is -0.334 e. The summed E-state index contributed by atoms with van der Waals surface area (Å²) in [7, 11) is 0. The van der Waals surface area contributed by atoms with Crippen molar-refractivity contribution in [2.75, 3.05) is 0 Å². The van der Waals surface area contributed by atoms with Gasteiger partial charge in [0.1, 0.15) is 0 Å². The molecule has 0 aromatic heterocycles. The van der Waals surface area contributed by atoms with Crippen LogP contribution in [-0.4, -0.2) is 21.6 Å². The first-order valence-electron chi connectivity index (χ1n) is 9.25. The molecule has 0 N–H and O–H groups in total. The smallest absolute Gasteiger partial charge is 0.226 e. The molecule has 4 nitrogen and oxygen atoms in total. The maximum atomic E-state index is 12.9. The van der Waals surface area contributed by atoms with Crippen molar-refractivity contribution < 1.29 is 9.59 Å². The highest BCUT2D eigenvalue weighted by atomic mass is 16.2. The predicted molar refractivity (Wildman–Crippen MR) is 99.7 cm³/mol. The van der Waals surface area contributed by atoms with Crippen LogP contribution in [0.5, 0.6) is 0 Å². The topological polar surface area (TPSA) is 40.6 Å². The van der Waals surface area contributed by atoms with Crippen molar-refractivity contribution in [2.45, 2.75) is 40.0 Å². The zero-order valence-electron chi connectivity index (χ0n) is 15.3. The fourth-order valence-electron chi connectivity index (χ4n) is 3.98. The Kier molecular flexibility index (Phi) is 4.27. The third-order valence-electron chi connectivity index (χ3n) is 5.83. The van der Waals surface area contributed by atoms with E-state index in [-0.39, 0.29) is 23.7 Å². The Labute approximate surface area is 154 Å². The Morgan fingerprint density at radius 2 is 0.923 bits per heavy atom. The van der Waals surface area contributed by atoms with E-state index in [1.54, 1.807) is 0 Å². The van der Waals surface area contributed by atoms with Crippen molar-refractivity contribution in [1.82, 2.24) is 9.80 Å². The highest BCUT2D eigenvalue weighted by molar-refractivity contribution is 5.87. The van der Waals surface area contributed by atoms with Gasteiger partial charge in [-0.05, 0) is 22.3 Å². The lowest BCUT2D eigenvalue weighted by Gasteiger charge is -2.27. The van der Waals surface area contributed by atoms with Gasteiger partial charge in [0.05, 0.1) is 0 Å². The largest absolute Gasteiger partial charge is 0.334 e. The average molecular weight is 348 g/mol. The molecular formula is C22H24N2O2. The third-order valence-corrected chi connectivity index (χ3v) is 5.83. The Morgan fingerprint density at radius 1 is 0.654 bits per heavy atom. The number of carbonyl (C=O) groups is 2. The molecule has 0 saturated carbocycles. The van der Waals surface area contributed by atoms with Crippen LogP contribution in [0.2, 0.25) is 0 Å². The van der Waals surface area contributed by atoms with Gasteiger partial charge in [-0.25, -0.2) is 0 Å². The van der Waals surface area contributed by atoms with Crippen molar-refractivity contribution in [3.63, 3.8) is 0 Å². The zero-order valence-corrected chi connectivity index (χ0v) is 15.3. The lowest BCUT2D eigenvalue weighted by Crippen LogP contribution is -2.40. The summed E-state index contributed by atoms with van der Waals surface area (Å²) in [6.45, 7) is 6.36. The number of hydrogen-bond acceptors (Lipinski definition) is 2. The molecule has 0 aliphatic carbocycles. The molecule has 2 heterocycles. The molecular weight excluding hydrogens is 324 g/mol. The standard InChI is InChI=1S/C22H24N2O2/c1-15(21(25)23-11-17-7-3-4-8-18(17)12-23)16(2)22(26)24-13-19-9-5-6-10-20(19)14-24/h3-10,15-16H,11-14H2,1-2H3/t15-,16-/m0/s1. The number of carbonyl (C=O) groups excluding carboxylic acids is 2. The second-order valence-electron chi connectivity index (χ2n) is 7.50. The Morgan fingerprint density at radius 3 is 1.19 bits per heavy atom. The van der Waals surface area contributed by atoms with E-state index in [9.17, 15) is 9.59 Å². The van der Waals surface area contributed by atoms with Crippen LogP contribution < -0.4 is 0 Å². The van der Waals surface area contributed by atoms with Gasteiger partial charge in [-0.1, -0.05) is 62.4 Å². The lowest BCUT2D eigenvalue weighted by atomic mass is 9.93. The van der Waals surface area contributed by atoms with Crippen molar-refractivity contribution in [2.24, 2.45) is 11.8 Å². The van der Waals surface area contributed by atoms with Gasteiger partial charge < -0.3 is 9.80 Å². The second kappa shape index (κ2) is 6.60. The Bertz CT molecular complexity index is 739. The molecule has 0 bridgehead atoms. The number of nitrogens with zero attached hydrogens (tertiary/aromatic N) is 2. The van der Waals surface area contributed by atoms with E-state index < -0.39 is 0 Å². The molecule has 2 amide bonds. The molecule has 0 spiro atoms. The van der Waals surface area contributed by atoms with Gasteiger partial charge in [-0.2, -0.15) is 0 Å². The molecule has 134 valence electrons. The van der Waals surface area contributed by atoms with Gasteiger partial charge in [0.15, 0.2) is 0 Å². The first-order chi connectivity index (χ1) is 12.5. The maximum absolute atomic E-state index is 12.9. The van der Waals surface area contributed by atoms with Crippen molar-refractivity contribution in [3.05, 3.63) is 70.8 Å². The molecule has 2 atom stereocenters. The van der Waals surface area contributed by atoms with E-state index >= 15 is 0 Å². The van der Waals surface area contributed by atoms with Gasteiger partial charge in [0.2, 0.25) is 11.8 Å². The summed E-state index contributed by atoms with van der Waals surface area (Å²) in [6, 6.07) is 16.3. The average Bonchev–Trinajstić information content (AvgIpc) is 3.29. The van der Waals surface area contributed by atoms with E-state index in [4.69, 9.17) is 0 Å². The number of benzene rings is 2. The quantitative estimate of drug-likeness (QED) is 0.853. The van der Waals surface area contributed by atoms with Crippen LogP contribution in [-0.2, 0) is 35.8 Å². The summed E-state index contributed by atoms with van der Waals surface area (Å²) in [4.78, 5) is 29.6. The lowest BCUT2D eigenvalue weighted by molar-refractivity contribution is -0.145. The van der Waals surface area contributed by atoms with Crippen LogP contribution in [0.3, 0.4) is 0 Å². The summed E-state index contributed by atoms with van der Waals surface area (Å²) >= 11 is 0. The number of rotatable bonds is 3. The van der Waals surface area contributed by atoms with Crippen LogP contribution in [0, 0.1) is 11.8 Å².